The van der Waals surface area contributed by atoms with Crippen molar-refractivity contribution in [2.24, 2.45) is 0 Å². The van der Waals surface area contributed by atoms with E-state index in [-0.39, 0.29) is 0 Å². The van der Waals surface area contributed by atoms with E-state index in [1.165, 1.54) is 41.5 Å². The fraction of sp³-hybridized carbons (Fsp3) is 0.333. The van der Waals surface area contributed by atoms with Gasteiger partial charge in [-0.15, -0.1) is 0 Å². The van der Waals surface area contributed by atoms with Crippen LogP contribution in [0.1, 0.15) is 55.4 Å². The molecule has 2 aromatic carbocycles. The van der Waals surface area contributed by atoms with Crippen LogP contribution in [0.25, 0.3) is 6.08 Å². The molecule has 0 unspecified atom stereocenters. The van der Waals surface area contributed by atoms with Gasteiger partial charge in [-0.1, -0.05) is 87.4 Å². The van der Waals surface area contributed by atoms with E-state index >= 15 is 0 Å². The first-order chi connectivity index (χ1) is 10.3. The molecule has 0 fully saturated rings. The SMILES string of the molecule is CCCC=Cc1ccc(Cc2ccc(CCC)cc2)cc1. The molecule has 0 saturated carbocycles. The Balaban J connectivity index is 1.96. The summed E-state index contributed by atoms with van der Waals surface area (Å²) in [6.45, 7) is 4.43. The second-order valence-corrected chi connectivity index (χ2v) is 5.68. The van der Waals surface area contributed by atoms with E-state index in [0.717, 1.165) is 12.8 Å². The minimum Gasteiger partial charge on any atom is -0.0840 e. The molecule has 0 amide bonds. The normalized spacial score (nSPS) is 11.1. The molecule has 0 N–H and O–H groups in total. The summed E-state index contributed by atoms with van der Waals surface area (Å²) in [7, 11) is 0. The van der Waals surface area contributed by atoms with Gasteiger partial charge in [-0.05, 0) is 41.5 Å². The first-order valence-corrected chi connectivity index (χ1v) is 8.15. The predicted octanol–water partition coefficient (Wildman–Crippen LogP) is 6.04. The van der Waals surface area contributed by atoms with Crippen molar-refractivity contribution in [2.75, 3.05) is 0 Å². The number of aryl methyl sites for hydroxylation is 1. The van der Waals surface area contributed by atoms with Crippen LogP contribution >= 0.6 is 0 Å². The lowest BCUT2D eigenvalue weighted by atomic mass is 10.0. The highest BCUT2D eigenvalue weighted by atomic mass is 14.0. The zero-order valence-corrected chi connectivity index (χ0v) is 13.3. The molecule has 21 heavy (non-hydrogen) atoms. The van der Waals surface area contributed by atoms with Crippen LogP contribution in [0, 0.1) is 0 Å². The monoisotopic (exact) mass is 278 g/mol. The summed E-state index contributed by atoms with van der Waals surface area (Å²) in [6.07, 6.45) is 10.2. The lowest BCUT2D eigenvalue weighted by molar-refractivity contribution is 0.920. The third kappa shape index (κ3) is 5.23. The quantitative estimate of drug-likeness (QED) is 0.579. The van der Waals surface area contributed by atoms with Gasteiger partial charge < -0.3 is 0 Å². The van der Waals surface area contributed by atoms with Gasteiger partial charge in [-0.2, -0.15) is 0 Å². The lowest BCUT2D eigenvalue weighted by Gasteiger charge is -2.04. The molecule has 0 radical (unpaired) electrons. The number of unbranched alkanes of at least 4 members (excludes halogenated alkanes) is 1. The summed E-state index contributed by atoms with van der Waals surface area (Å²) in [5, 5.41) is 0. The molecular formula is C21H26. The molecule has 0 aliphatic carbocycles. The summed E-state index contributed by atoms with van der Waals surface area (Å²) in [6, 6.07) is 18.0. The van der Waals surface area contributed by atoms with Crippen LogP contribution in [0.2, 0.25) is 0 Å². The van der Waals surface area contributed by atoms with E-state index < -0.39 is 0 Å². The topological polar surface area (TPSA) is 0 Å². The average Bonchev–Trinajstić information content (AvgIpc) is 2.51. The van der Waals surface area contributed by atoms with Crippen molar-refractivity contribution in [1.29, 1.82) is 0 Å². The first-order valence-electron chi connectivity index (χ1n) is 8.15. The molecule has 0 saturated heterocycles. The minimum atomic E-state index is 1.02. The van der Waals surface area contributed by atoms with Gasteiger partial charge in [0, 0.05) is 0 Å². The van der Waals surface area contributed by atoms with Gasteiger partial charge in [0.25, 0.3) is 0 Å². The van der Waals surface area contributed by atoms with Gasteiger partial charge in [-0.25, -0.2) is 0 Å². The molecule has 2 aromatic rings. The molecule has 0 nitrogen and oxygen atoms in total. The average molecular weight is 278 g/mol. The molecule has 0 atom stereocenters. The third-order valence-electron chi connectivity index (χ3n) is 3.72. The fourth-order valence-corrected chi connectivity index (χ4v) is 2.48. The smallest absolute Gasteiger partial charge is 0.00258 e. The lowest BCUT2D eigenvalue weighted by Crippen LogP contribution is -1.90. The van der Waals surface area contributed by atoms with E-state index in [2.05, 4.69) is 74.5 Å². The summed E-state index contributed by atoms with van der Waals surface area (Å²) in [5.74, 6) is 0. The van der Waals surface area contributed by atoms with Crippen molar-refractivity contribution >= 4 is 6.08 Å². The Morgan fingerprint density at radius 2 is 1.29 bits per heavy atom. The Hall–Kier alpha value is -1.82. The van der Waals surface area contributed by atoms with Crippen molar-refractivity contribution in [1.82, 2.24) is 0 Å². The van der Waals surface area contributed by atoms with Crippen molar-refractivity contribution in [3.63, 3.8) is 0 Å². The summed E-state index contributed by atoms with van der Waals surface area (Å²) >= 11 is 0. The second kappa shape index (κ2) is 8.46. The number of benzene rings is 2. The van der Waals surface area contributed by atoms with Gasteiger partial charge in [0.15, 0.2) is 0 Å². The van der Waals surface area contributed by atoms with E-state index in [1.807, 2.05) is 0 Å². The molecule has 110 valence electrons. The molecular weight excluding hydrogens is 252 g/mol. The fourth-order valence-electron chi connectivity index (χ4n) is 2.48. The predicted molar refractivity (Wildman–Crippen MR) is 93.6 cm³/mol. The zero-order valence-electron chi connectivity index (χ0n) is 13.3. The summed E-state index contributed by atoms with van der Waals surface area (Å²) in [5.41, 5.74) is 5.51. The Morgan fingerprint density at radius 1 is 0.714 bits per heavy atom. The van der Waals surface area contributed by atoms with Crippen LogP contribution in [0.4, 0.5) is 0 Å². The largest absolute Gasteiger partial charge is 0.0840 e. The Morgan fingerprint density at radius 3 is 1.86 bits per heavy atom. The van der Waals surface area contributed by atoms with Gasteiger partial charge in [0.05, 0.1) is 0 Å². The molecule has 0 heterocycles. The van der Waals surface area contributed by atoms with Gasteiger partial charge in [-0.3, -0.25) is 0 Å². The van der Waals surface area contributed by atoms with Crippen molar-refractivity contribution in [3.8, 4) is 0 Å². The highest BCUT2D eigenvalue weighted by Gasteiger charge is 1.97. The molecule has 0 aliphatic rings. The maximum Gasteiger partial charge on any atom is -0.00258 e. The van der Waals surface area contributed by atoms with Crippen molar-refractivity contribution in [2.45, 2.75) is 46.0 Å². The minimum absolute atomic E-state index is 1.02. The Kier molecular flexibility index (Phi) is 6.27. The third-order valence-corrected chi connectivity index (χ3v) is 3.72. The van der Waals surface area contributed by atoms with Crippen molar-refractivity contribution in [3.05, 3.63) is 76.9 Å². The standard InChI is InChI=1S/C21H26/c1-3-5-6-8-19-11-15-21(16-12-19)17-20-13-9-18(7-4-2)10-14-20/h6,8-16H,3-5,7,17H2,1-2H3. The molecule has 0 heteroatoms. The molecule has 0 aliphatic heterocycles. The van der Waals surface area contributed by atoms with E-state index in [1.54, 1.807) is 0 Å². The number of hydrogen-bond donors (Lipinski definition) is 0. The van der Waals surface area contributed by atoms with Gasteiger partial charge in [0.1, 0.15) is 0 Å². The number of allylic oxidation sites excluding steroid dienone is 1. The van der Waals surface area contributed by atoms with E-state index in [0.29, 0.717) is 0 Å². The number of rotatable bonds is 7. The van der Waals surface area contributed by atoms with Gasteiger partial charge >= 0.3 is 0 Å². The van der Waals surface area contributed by atoms with Crippen LogP contribution < -0.4 is 0 Å². The zero-order chi connectivity index (χ0) is 14.9. The molecule has 0 bridgehead atoms. The molecule has 0 spiro atoms. The maximum atomic E-state index is 2.26. The van der Waals surface area contributed by atoms with Crippen LogP contribution in [-0.4, -0.2) is 0 Å². The van der Waals surface area contributed by atoms with Crippen LogP contribution in [0.15, 0.2) is 54.6 Å². The second-order valence-electron chi connectivity index (χ2n) is 5.68. The Labute approximate surface area is 129 Å². The summed E-state index contributed by atoms with van der Waals surface area (Å²) < 4.78 is 0. The summed E-state index contributed by atoms with van der Waals surface area (Å²) in [4.78, 5) is 0. The highest BCUT2D eigenvalue weighted by Crippen LogP contribution is 2.14. The van der Waals surface area contributed by atoms with Gasteiger partial charge in [0.2, 0.25) is 0 Å². The van der Waals surface area contributed by atoms with E-state index in [4.69, 9.17) is 0 Å². The molecule has 0 aromatic heterocycles. The van der Waals surface area contributed by atoms with Crippen molar-refractivity contribution < 1.29 is 0 Å². The van der Waals surface area contributed by atoms with Crippen LogP contribution in [0.5, 0.6) is 0 Å². The highest BCUT2D eigenvalue weighted by molar-refractivity contribution is 5.49. The Bertz CT molecular complexity index is 544. The van der Waals surface area contributed by atoms with Crippen LogP contribution in [-0.2, 0) is 12.8 Å². The van der Waals surface area contributed by atoms with Crippen LogP contribution in [0.3, 0.4) is 0 Å². The maximum absolute atomic E-state index is 2.26. The first kappa shape index (κ1) is 15.6. The molecule has 2 rings (SSSR count). The number of hydrogen-bond acceptors (Lipinski definition) is 0. The van der Waals surface area contributed by atoms with E-state index in [9.17, 15) is 0 Å².